The van der Waals surface area contributed by atoms with Gasteiger partial charge in [0.15, 0.2) is 5.78 Å². The summed E-state index contributed by atoms with van der Waals surface area (Å²) in [6.45, 7) is 7.91. The van der Waals surface area contributed by atoms with Crippen molar-refractivity contribution in [3.05, 3.63) is 44.9 Å². The van der Waals surface area contributed by atoms with Crippen LogP contribution < -0.4 is 5.32 Å². The van der Waals surface area contributed by atoms with Crippen LogP contribution in [0.4, 0.5) is 0 Å². The number of hydrogen-bond acceptors (Lipinski definition) is 8. The van der Waals surface area contributed by atoms with Gasteiger partial charge in [-0.1, -0.05) is 13.0 Å². The van der Waals surface area contributed by atoms with Gasteiger partial charge in [0.1, 0.15) is 12.5 Å². The summed E-state index contributed by atoms with van der Waals surface area (Å²) in [5, 5.41) is 5.15. The first-order valence-electron chi connectivity index (χ1n) is 10.4. The van der Waals surface area contributed by atoms with Crippen molar-refractivity contribution in [3.63, 3.8) is 0 Å². The predicted octanol–water partition coefficient (Wildman–Crippen LogP) is 3.33. The average Bonchev–Trinajstić information content (AvgIpc) is 3.24. The van der Waals surface area contributed by atoms with Crippen LogP contribution in [0.5, 0.6) is 0 Å². The van der Waals surface area contributed by atoms with Crippen LogP contribution in [-0.4, -0.2) is 44.1 Å². The minimum absolute atomic E-state index is 0.0414. The van der Waals surface area contributed by atoms with Crippen LogP contribution in [0.3, 0.4) is 0 Å². The van der Waals surface area contributed by atoms with E-state index >= 15 is 0 Å². The van der Waals surface area contributed by atoms with Crippen LogP contribution in [0.15, 0.2) is 40.1 Å². The van der Waals surface area contributed by atoms with E-state index in [-0.39, 0.29) is 24.4 Å². The zero-order chi connectivity index (χ0) is 22.7. The first-order chi connectivity index (χ1) is 14.8. The first kappa shape index (κ1) is 23.2. The van der Waals surface area contributed by atoms with Gasteiger partial charge in [0.05, 0.1) is 31.3 Å². The molecule has 0 bridgehead atoms. The Morgan fingerprint density at radius 3 is 2.65 bits per heavy atom. The summed E-state index contributed by atoms with van der Waals surface area (Å²) in [7, 11) is 1.29. The molecule has 3 rings (SSSR count). The molecule has 3 atom stereocenters. The van der Waals surface area contributed by atoms with Crippen molar-refractivity contribution in [3.8, 4) is 0 Å². The van der Waals surface area contributed by atoms with Gasteiger partial charge < -0.3 is 19.5 Å². The summed E-state index contributed by atoms with van der Waals surface area (Å²) in [4.78, 5) is 39.8. The van der Waals surface area contributed by atoms with Gasteiger partial charge in [-0.15, -0.1) is 11.3 Å². The predicted molar refractivity (Wildman–Crippen MR) is 116 cm³/mol. The molecule has 0 unspecified atom stereocenters. The standard InChI is InChI=1S/C23H29NO6S/c1-12(2)29-8-9-30-23(27)18-14(4)24-15-11-13(3)17(22(26)28-5)21(25)19(15)20(18)16-7-6-10-31-16/h6-7,10,12-13,17,20,24H,8-9,11H2,1-5H3/t13-,17-,20+/m0/s1. The first-order valence-corrected chi connectivity index (χ1v) is 11.3. The Morgan fingerprint density at radius 2 is 2.03 bits per heavy atom. The lowest BCUT2D eigenvalue weighted by Gasteiger charge is -2.37. The number of ether oxygens (including phenoxy) is 3. The highest BCUT2D eigenvalue weighted by atomic mass is 32.1. The lowest BCUT2D eigenvalue weighted by molar-refractivity contribution is -0.151. The highest BCUT2D eigenvalue weighted by Gasteiger charge is 2.47. The van der Waals surface area contributed by atoms with Crippen molar-refractivity contribution in [1.82, 2.24) is 5.32 Å². The van der Waals surface area contributed by atoms with Crippen molar-refractivity contribution in [2.75, 3.05) is 20.3 Å². The molecule has 0 saturated heterocycles. The van der Waals surface area contributed by atoms with Crippen LogP contribution in [0.2, 0.25) is 0 Å². The lowest BCUT2D eigenvalue weighted by Crippen LogP contribution is -2.43. The molecule has 8 heteroatoms. The molecule has 1 aliphatic carbocycles. The van der Waals surface area contributed by atoms with Crippen LogP contribution in [0.1, 0.15) is 44.9 Å². The van der Waals surface area contributed by atoms with Gasteiger partial charge in [-0.05, 0) is 44.6 Å². The quantitative estimate of drug-likeness (QED) is 0.389. The maximum atomic E-state index is 13.5. The largest absolute Gasteiger partial charge is 0.468 e. The summed E-state index contributed by atoms with van der Waals surface area (Å²) < 4.78 is 15.8. The molecule has 168 valence electrons. The zero-order valence-electron chi connectivity index (χ0n) is 18.5. The Kier molecular flexibility index (Phi) is 7.33. The highest BCUT2D eigenvalue weighted by Crippen LogP contribution is 2.46. The number of rotatable bonds is 7. The van der Waals surface area contributed by atoms with Crippen LogP contribution >= 0.6 is 11.3 Å². The van der Waals surface area contributed by atoms with Crippen molar-refractivity contribution < 1.29 is 28.6 Å². The molecule has 0 spiro atoms. The number of allylic oxidation sites excluding steroid dienone is 3. The average molecular weight is 448 g/mol. The van der Waals surface area contributed by atoms with E-state index in [2.05, 4.69) is 5.32 Å². The third-order valence-corrected chi connectivity index (χ3v) is 6.50. The molecule has 0 amide bonds. The topological polar surface area (TPSA) is 90.9 Å². The van der Waals surface area contributed by atoms with E-state index in [1.165, 1.54) is 18.4 Å². The minimum atomic E-state index is -0.886. The number of carbonyl (C=O) groups is 3. The van der Waals surface area contributed by atoms with Crippen molar-refractivity contribution in [2.24, 2.45) is 11.8 Å². The van der Waals surface area contributed by atoms with Crippen molar-refractivity contribution in [1.29, 1.82) is 0 Å². The third kappa shape index (κ3) is 4.75. The molecule has 0 radical (unpaired) electrons. The van der Waals surface area contributed by atoms with Crippen LogP contribution in [-0.2, 0) is 28.6 Å². The molecule has 1 aromatic rings. The smallest absolute Gasteiger partial charge is 0.336 e. The highest BCUT2D eigenvalue weighted by molar-refractivity contribution is 7.10. The Balaban J connectivity index is 1.96. The van der Waals surface area contributed by atoms with Gasteiger partial charge in [-0.3, -0.25) is 9.59 Å². The number of ketones is 1. The molecule has 31 heavy (non-hydrogen) atoms. The van der Waals surface area contributed by atoms with E-state index in [0.717, 1.165) is 10.6 Å². The molecule has 0 saturated carbocycles. The molecule has 1 aliphatic heterocycles. The van der Waals surface area contributed by atoms with Gasteiger partial charge in [-0.25, -0.2) is 4.79 Å². The zero-order valence-corrected chi connectivity index (χ0v) is 19.3. The molecule has 1 N–H and O–H groups in total. The second kappa shape index (κ2) is 9.78. The summed E-state index contributed by atoms with van der Waals surface area (Å²) >= 11 is 1.46. The Morgan fingerprint density at radius 1 is 1.29 bits per heavy atom. The van der Waals surface area contributed by atoms with Crippen LogP contribution in [0.25, 0.3) is 0 Å². The third-order valence-electron chi connectivity index (χ3n) is 5.56. The van der Waals surface area contributed by atoms with E-state index in [4.69, 9.17) is 14.2 Å². The fourth-order valence-corrected chi connectivity index (χ4v) is 5.03. The number of dihydropyridines is 1. The second-order valence-electron chi connectivity index (χ2n) is 8.11. The monoisotopic (exact) mass is 447 g/mol. The number of methoxy groups -OCH3 is 1. The van der Waals surface area contributed by atoms with Gasteiger partial charge in [0.25, 0.3) is 0 Å². The Hall–Kier alpha value is -2.45. The molecule has 7 nitrogen and oxygen atoms in total. The van der Waals surface area contributed by atoms with Crippen molar-refractivity contribution in [2.45, 2.75) is 46.1 Å². The number of carbonyl (C=O) groups excluding carboxylic acids is 3. The number of esters is 2. The lowest BCUT2D eigenvalue weighted by atomic mass is 9.70. The maximum absolute atomic E-state index is 13.5. The summed E-state index contributed by atoms with van der Waals surface area (Å²) in [5.41, 5.74) is 2.25. The number of Topliss-reactive ketones (excluding diaryl/α,β-unsaturated/α-hetero) is 1. The minimum Gasteiger partial charge on any atom is -0.468 e. The number of nitrogens with one attached hydrogen (secondary N) is 1. The van der Waals surface area contributed by atoms with E-state index in [1.54, 1.807) is 0 Å². The fraction of sp³-hybridized carbons (Fsp3) is 0.522. The number of hydrogen-bond donors (Lipinski definition) is 1. The van der Waals surface area contributed by atoms with Gasteiger partial charge in [-0.2, -0.15) is 0 Å². The SMILES string of the molecule is COC(=O)[C@@H]1C(=O)C2=C(C[C@@H]1C)NC(C)=C(C(=O)OCCOC(C)C)[C@H]2c1cccs1. The molecule has 0 fully saturated rings. The van der Waals surface area contributed by atoms with E-state index in [1.807, 2.05) is 45.2 Å². The van der Waals surface area contributed by atoms with E-state index in [0.29, 0.717) is 29.9 Å². The van der Waals surface area contributed by atoms with Crippen molar-refractivity contribution >= 4 is 29.1 Å². The Bertz CT molecular complexity index is 915. The van der Waals surface area contributed by atoms with Gasteiger partial charge in [0, 0.05) is 21.8 Å². The fourth-order valence-electron chi connectivity index (χ4n) is 4.19. The summed E-state index contributed by atoms with van der Waals surface area (Å²) in [6.07, 6.45) is 0.560. The molecule has 2 heterocycles. The summed E-state index contributed by atoms with van der Waals surface area (Å²) in [6, 6.07) is 3.77. The normalized spacial score (nSPS) is 23.5. The molecular formula is C23H29NO6S. The van der Waals surface area contributed by atoms with E-state index in [9.17, 15) is 14.4 Å². The van der Waals surface area contributed by atoms with Gasteiger partial charge in [0.2, 0.25) is 0 Å². The molecule has 1 aromatic heterocycles. The van der Waals surface area contributed by atoms with Crippen LogP contribution in [0, 0.1) is 11.8 Å². The molecule has 0 aromatic carbocycles. The van der Waals surface area contributed by atoms with E-state index < -0.39 is 23.8 Å². The number of thiophene rings is 1. The summed E-state index contributed by atoms with van der Waals surface area (Å²) in [5.74, 6) is -3.01. The maximum Gasteiger partial charge on any atom is 0.336 e. The molecule has 2 aliphatic rings. The molecular weight excluding hydrogens is 418 g/mol. The van der Waals surface area contributed by atoms with Gasteiger partial charge >= 0.3 is 11.9 Å². The Labute approximate surface area is 186 Å². The second-order valence-corrected chi connectivity index (χ2v) is 9.09.